The Hall–Kier alpha value is -3.39. The molecular weight excluding hydrogens is 400 g/mol. The van der Waals surface area contributed by atoms with E-state index >= 15 is 0 Å². The Bertz CT molecular complexity index is 1050. The van der Waals surface area contributed by atoms with E-state index in [1.807, 2.05) is 13.8 Å². The number of carbonyl (C=O) groups excluding carboxylic acids is 3. The first-order chi connectivity index (χ1) is 14.8. The van der Waals surface area contributed by atoms with Crippen LogP contribution in [0.5, 0.6) is 11.5 Å². The molecule has 0 spiro atoms. The van der Waals surface area contributed by atoms with Crippen molar-refractivity contribution in [2.45, 2.75) is 20.0 Å². The molecule has 0 bridgehead atoms. The summed E-state index contributed by atoms with van der Waals surface area (Å²) in [6.07, 6.45) is -0.945. The first-order valence-electron chi connectivity index (χ1n) is 10.2. The fourth-order valence-corrected chi connectivity index (χ4v) is 3.64. The molecule has 31 heavy (non-hydrogen) atoms. The summed E-state index contributed by atoms with van der Waals surface area (Å²) in [5.74, 6) is 0.153. The number of nitrogens with zero attached hydrogens (tertiary/aromatic N) is 1. The minimum atomic E-state index is -0.945. The van der Waals surface area contributed by atoms with Crippen LogP contribution in [0.4, 0.5) is 0 Å². The molecular formula is C23H24N2O6. The lowest BCUT2D eigenvalue weighted by atomic mass is 10.0. The van der Waals surface area contributed by atoms with E-state index in [4.69, 9.17) is 9.47 Å². The number of nitrogens with one attached hydrogen (secondary N) is 1. The number of rotatable bonds is 6. The van der Waals surface area contributed by atoms with E-state index in [0.29, 0.717) is 42.4 Å². The van der Waals surface area contributed by atoms with Crippen LogP contribution in [-0.4, -0.2) is 54.0 Å². The van der Waals surface area contributed by atoms with Crippen molar-refractivity contribution in [3.05, 3.63) is 58.7 Å². The van der Waals surface area contributed by atoms with E-state index in [0.717, 1.165) is 0 Å². The third kappa shape index (κ3) is 4.11. The van der Waals surface area contributed by atoms with E-state index in [1.54, 1.807) is 18.2 Å². The van der Waals surface area contributed by atoms with Crippen LogP contribution in [0.2, 0.25) is 0 Å². The second-order valence-electron chi connectivity index (χ2n) is 8.00. The molecule has 2 aromatic carbocycles. The number of carbonyl (C=O) groups is 3. The van der Waals surface area contributed by atoms with Crippen molar-refractivity contribution in [3.63, 3.8) is 0 Å². The molecule has 0 aromatic heterocycles. The molecule has 0 aliphatic carbocycles. The molecule has 2 aromatic rings. The summed E-state index contributed by atoms with van der Waals surface area (Å²) in [7, 11) is 0. The number of amides is 3. The standard InChI is InChI=1S/C23H24N2O6/c1-13(2)12-25-22(28)16-5-3-15(9-17(16)23(25)29)21(27)24-11-18(26)14-4-6-19-20(10-14)31-8-7-30-19/h3-6,9-10,13,18,26H,7-8,11-12H2,1-2H3,(H,24,27). The van der Waals surface area contributed by atoms with E-state index in [2.05, 4.69) is 5.32 Å². The van der Waals surface area contributed by atoms with Crippen molar-refractivity contribution in [1.82, 2.24) is 10.2 Å². The van der Waals surface area contributed by atoms with Gasteiger partial charge in [-0.1, -0.05) is 19.9 Å². The molecule has 0 saturated heterocycles. The molecule has 0 saturated carbocycles. The van der Waals surface area contributed by atoms with Gasteiger partial charge in [0.25, 0.3) is 17.7 Å². The number of hydrogen-bond acceptors (Lipinski definition) is 6. The van der Waals surface area contributed by atoms with Gasteiger partial charge in [-0.05, 0) is 41.8 Å². The first-order valence-corrected chi connectivity index (χ1v) is 10.2. The number of ether oxygens (including phenoxy) is 2. The van der Waals surface area contributed by atoms with Crippen LogP contribution < -0.4 is 14.8 Å². The molecule has 8 heteroatoms. The van der Waals surface area contributed by atoms with Crippen molar-refractivity contribution in [1.29, 1.82) is 0 Å². The third-order valence-electron chi connectivity index (χ3n) is 5.19. The van der Waals surface area contributed by atoms with Crippen molar-refractivity contribution >= 4 is 17.7 Å². The highest BCUT2D eigenvalue weighted by molar-refractivity contribution is 6.22. The summed E-state index contributed by atoms with van der Waals surface area (Å²) < 4.78 is 11.0. The highest BCUT2D eigenvalue weighted by Gasteiger charge is 2.36. The number of benzene rings is 2. The van der Waals surface area contributed by atoms with Gasteiger partial charge >= 0.3 is 0 Å². The van der Waals surface area contributed by atoms with Gasteiger partial charge in [-0.25, -0.2) is 0 Å². The fourth-order valence-electron chi connectivity index (χ4n) is 3.64. The van der Waals surface area contributed by atoms with Crippen LogP contribution in [0, 0.1) is 5.92 Å². The molecule has 0 radical (unpaired) electrons. The normalized spacial score (nSPS) is 15.8. The van der Waals surface area contributed by atoms with E-state index in [1.165, 1.54) is 23.1 Å². The van der Waals surface area contributed by atoms with Crippen LogP contribution in [0.3, 0.4) is 0 Å². The topological polar surface area (TPSA) is 105 Å². The second kappa shape index (κ2) is 8.39. The SMILES string of the molecule is CC(C)CN1C(=O)c2ccc(C(=O)NCC(O)c3ccc4c(c3)OCCO4)cc2C1=O. The molecule has 0 fully saturated rings. The van der Waals surface area contributed by atoms with Crippen LogP contribution in [0.15, 0.2) is 36.4 Å². The quantitative estimate of drug-likeness (QED) is 0.689. The lowest BCUT2D eigenvalue weighted by molar-refractivity contribution is 0.0636. The smallest absolute Gasteiger partial charge is 0.261 e. The first kappa shape index (κ1) is 20.9. The Balaban J connectivity index is 1.43. The third-order valence-corrected chi connectivity index (χ3v) is 5.19. The highest BCUT2D eigenvalue weighted by atomic mass is 16.6. The van der Waals surface area contributed by atoms with Gasteiger partial charge < -0.3 is 19.9 Å². The number of imide groups is 1. The molecule has 1 unspecified atom stereocenters. The van der Waals surface area contributed by atoms with Gasteiger partial charge in [0.2, 0.25) is 0 Å². The Morgan fingerprint density at radius 3 is 2.48 bits per heavy atom. The second-order valence-corrected chi connectivity index (χ2v) is 8.00. The van der Waals surface area contributed by atoms with Crippen molar-refractivity contribution in [2.75, 3.05) is 26.3 Å². The van der Waals surface area contributed by atoms with Crippen LogP contribution in [-0.2, 0) is 0 Å². The zero-order chi connectivity index (χ0) is 22.1. The lowest BCUT2D eigenvalue weighted by Gasteiger charge is -2.20. The van der Waals surface area contributed by atoms with Gasteiger partial charge in [0.15, 0.2) is 11.5 Å². The number of aliphatic hydroxyl groups excluding tert-OH is 1. The molecule has 162 valence electrons. The predicted molar refractivity (Wildman–Crippen MR) is 111 cm³/mol. The molecule has 3 amide bonds. The van der Waals surface area contributed by atoms with Crippen LogP contribution in [0.1, 0.15) is 56.6 Å². The molecule has 2 N–H and O–H groups in total. The van der Waals surface area contributed by atoms with Gasteiger partial charge in [-0.2, -0.15) is 0 Å². The monoisotopic (exact) mass is 424 g/mol. The maximum absolute atomic E-state index is 12.6. The zero-order valence-corrected chi connectivity index (χ0v) is 17.4. The van der Waals surface area contributed by atoms with Crippen LogP contribution in [0.25, 0.3) is 0 Å². The molecule has 2 aliphatic heterocycles. The summed E-state index contributed by atoms with van der Waals surface area (Å²) >= 11 is 0. The highest BCUT2D eigenvalue weighted by Crippen LogP contribution is 2.32. The maximum Gasteiger partial charge on any atom is 0.261 e. The fraction of sp³-hybridized carbons (Fsp3) is 0.348. The summed E-state index contributed by atoms with van der Waals surface area (Å²) in [5.41, 5.74) is 1.37. The molecule has 2 heterocycles. The lowest BCUT2D eigenvalue weighted by Crippen LogP contribution is -2.33. The van der Waals surface area contributed by atoms with E-state index < -0.39 is 12.0 Å². The largest absolute Gasteiger partial charge is 0.486 e. The minimum Gasteiger partial charge on any atom is -0.486 e. The maximum atomic E-state index is 12.6. The summed E-state index contributed by atoms with van der Waals surface area (Å²) in [5, 5.41) is 13.1. The van der Waals surface area contributed by atoms with Crippen LogP contribution >= 0.6 is 0 Å². The average Bonchev–Trinajstić information content (AvgIpc) is 3.00. The number of hydrogen-bond donors (Lipinski definition) is 2. The zero-order valence-electron chi connectivity index (χ0n) is 17.4. The Labute approximate surface area is 179 Å². The summed E-state index contributed by atoms with van der Waals surface area (Å²) in [6.45, 7) is 5.08. The van der Waals surface area contributed by atoms with E-state index in [-0.39, 0.29) is 35.4 Å². The van der Waals surface area contributed by atoms with Gasteiger partial charge in [0.1, 0.15) is 13.2 Å². The molecule has 2 aliphatic rings. The Morgan fingerprint density at radius 1 is 1.03 bits per heavy atom. The summed E-state index contributed by atoms with van der Waals surface area (Å²) in [4.78, 5) is 38.8. The Kier molecular flexibility index (Phi) is 5.65. The number of fused-ring (bicyclic) bond motifs is 2. The van der Waals surface area contributed by atoms with Gasteiger partial charge in [-0.3, -0.25) is 19.3 Å². The Morgan fingerprint density at radius 2 is 1.74 bits per heavy atom. The van der Waals surface area contributed by atoms with Gasteiger partial charge in [0, 0.05) is 18.7 Å². The van der Waals surface area contributed by atoms with Gasteiger partial charge in [-0.15, -0.1) is 0 Å². The van der Waals surface area contributed by atoms with Gasteiger partial charge in [0.05, 0.1) is 17.2 Å². The van der Waals surface area contributed by atoms with Crippen molar-refractivity contribution in [2.24, 2.45) is 5.92 Å². The minimum absolute atomic E-state index is 0.0259. The predicted octanol–water partition coefficient (Wildman–Crippen LogP) is 2.17. The number of aliphatic hydroxyl groups is 1. The molecule has 1 atom stereocenters. The molecule has 8 nitrogen and oxygen atoms in total. The summed E-state index contributed by atoms with van der Waals surface area (Å²) in [6, 6.07) is 9.57. The van der Waals surface area contributed by atoms with Crippen molar-refractivity contribution in [3.8, 4) is 11.5 Å². The van der Waals surface area contributed by atoms with E-state index in [9.17, 15) is 19.5 Å². The molecule has 4 rings (SSSR count). The van der Waals surface area contributed by atoms with Crippen molar-refractivity contribution < 1.29 is 29.0 Å². The average molecular weight is 424 g/mol.